The predicted octanol–water partition coefficient (Wildman–Crippen LogP) is 4.37. The third-order valence-corrected chi connectivity index (χ3v) is 7.86. The quantitative estimate of drug-likeness (QED) is 0.485. The van der Waals surface area contributed by atoms with Crippen LogP contribution in [0.2, 0.25) is 0 Å². The maximum absolute atomic E-state index is 13.6. The Hall–Kier alpha value is -2.85. The van der Waals surface area contributed by atoms with Crippen molar-refractivity contribution in [2.24, 2.45) is 17.8 Å². The Morgan fingerprint density at radius 1 is 1.14 bits per heavy atom. The summed E-state index contributed by atoms with van der Waals surface area (Å²) in [6.45, 7) is 7.04. The summed E-state index contributed by atoms with van der Waals surface area (Å²) in [5, 5.41) is 20.1. The lowest BCUT2D eigenvalue weighted by molar-refractivity contribution is -0.127. The molecule has 1 saturated carbocycles. The number of benzene rings is 1. The minimum absolute atomic E-state index is 0.111. The molecule has 2 aliphatic rings. The van der Waals surface area contributed by atoms with Crippen molar-refractivity contribution in [2.45, 2.75) is 83.8 Å². The third-order valence-electron chi connectivity index (χ3n) is 7.86. The molecule has 2 amide bonds. The maximum Gasteiger partial charge on any atom is 0.268 e. The van der Waals surface area contributed by atoms with Crippen molar-refractivity contribution >= 4 is 22.7 Å². The number of aryl methyl sites for hydroxylation is 1. The molecule has 3 N–H and O–H groups in total. The number of rotatable bonds is 9. The van der Waals surface area contributed by atoms with E-state index in [4.69, 9.17) is 0 Å². The van der Waals surface area contributed by atoms with Gasteiger partial charge in [-0.3, -0.25) is 9.59 Å². The molecule has 7 nitrogen and oxygen atoms in total. The Morgan fingerprint density at radius 2 is 1.89 bits per heavy atom. The van der Waals surface area contributed by atoms with E-state index < -0.39 is 6.04 Å². The number of carbonyl (C=O) groups is 2. The zero-order chi connectivity index (χ0) is 25.5. The molecule has 4 rings (SSSR count). The van der Waals surface area contributed by atoms with Crippen molar-refractivity contribution in [2.75, 3.05) is 13.1 Å². The molecule has 0 radical (unpaired) electrons. The summed E-state index contributed by atoms with van der Waals surface area (Å²) < 4.78 is 2.17. The number of piperidine rings is 1. The predicted molar refractivity (Wildman–Crippen MR) is 142 cm³/mol. The second-order valence-corrected chi connectivity index (χ2v) is 11.0. The van der Waals surface area contributed by atoms with E-state index in [0.717, 1.165) is 62.6 Å². The number of hydrogen-bond acceptors (Lipinski definition) is 4. The Kier molecular flexibility index (Phi) is 9.03. The highest BCUT2D eigenvalue weighted by atomic mass is 16.2. The van der Waals surface area contributed by atoms with Gasteiger partial charge in [0.2, 0.25) is 5.91 Å². The highest BCUT2D eigenvalue weighted by Crippen LogP contribution is 2.27. The van der Waals surface area contributed by atoms with E-state index in [1.807, 2.05) is 32.0 Å². The summed E-state index contributed by atoms with van der Waals surface area (Å²) >= 11 is 0. The largest absolute Gasteiger partial charge is 0.347 e. The summed E-state index contributed by atoms with van der Waals surface area (Å²) in [6, 6.07) is 11.7. The molecule has 0 spiro atoms. The van der Waals surface area contributed by atoms with Gasteiger partial charge >= 0.3 is 0 Å². The lowest BCUT2D eigenvalue weighted by Gasteiger charge is -2.32. The van der Waals surface area contributed by atoms with E-state index in [9.17, 15) is 14.9 Å². The molecule has 2 heterocycles. The van der Waals surface area contributed by atoms with Crippen molar-refractivity contribution in [3.8, 4) is 6.07 Å². The fraction of sp³-hybridized carbons (Fsp3) is 0.621. The van der Waals surface area contributed by atoms with Gasteiger partial charge in [0.05, 0.1) is 12.0 Å². The lowest BCUT2D eigenvalue weighted by atomic mass is 9.83. The highest BCUT2D eigenvalue weighted by molar-refractivity contribution is 5.99. The fourth-order valence-electron chi connectivity index (χ4n) is 5.88. The smallest absolute Gasteiger partial charge is 0.268 e. The minimum Gasteiger partial charge on any atom is -0.347 e. The summed E-state index contributed by atoms with van der Waals surface area (Å²) in [5.41, 5.74) is 1.75. The van der Waals surface area contributed by atoms with Gasteiger partial charge in [0, 0.05) is 23.5 Å². The zero-order valence-electron chi connectivity index (χ0n) is 21.8. The second-order valence-electron chi connectivity index (χ2n) is 11.0. The van der Waals surface area contributed by atoms with Gasteiger partial charge in [-0.05, 0) is 75.6 Å². The van der Waals surface area contributed by atoms with Crippen molar-refractivity contribution in [3.05, 3.63) is 36.0 Å². The van der Waals surface area contributed by atoms with Crippen molar-refractivity contribution in [3.63, 3.8) is 0 Å². The number of nitriles is 1. The van der Waals surface area contributed by atoms with Crippen LogP contribution in [-0.2, 0) is 11.3 Å². The molecule has 0 bridgehead atoms. The molecule has 7 heteroatoms. The summed E-state index contributed by atoms with van der Waals surface area (Å²) in [7, 11) is 0. The highest BCUT2D eigenvalue weighted by Gasteiger charge is 2.34. The number of fused-ring (bicyclic) bond motifs is 1. The number of hydrogen-bond donors (Lipinski definition) is 3. The minimum atomic E-state index is -0.492. The maximum atomic E-state index is 13.6. The zero-order valence-corrected chi connectivity index (χ0v) is 21.8. The van der Waals surface area contributed by atoms with Crippen LogP contribution in [0, 0.1) is 29.1 Å². The first-order chi connectivity index (χ1) is 17.5. The molecule has 3 unspecified atom stereocenters. The van der Waals surface area contributed by atoms with Gasteiger partial charge in [0.1, 0.15) is 11.7 Å². The van der Waals surface area contributed by atoms with E-state index >= 15 is 0 Å². The Labute approximate surface area is 215 Å². The topological polar surface area (TPSA) is 99.0 Å². The van der Waals surface area contributed by atoms with Crippen LogP contribution in [0.4, 0.5) is 0 Å². The van der Waals surface area contributed by atoms with Gasteiger partial charge in [-0.25, -0.2) is 0 Å². The SMILES string of the molecule is CC(C)CC(C#N)NC(=O)C1CCCCC1NC(=O)c1cc2ccccc2n1CCC1CCNCC1. The average Bonchev–Trinajstić information content (AvgIpc) is 3.26. The molecule has 2 aromatic rings. The molecule has 2 fully saturated rings. The first kappa shape index (κ1) is 26.2. The molecule has 1 aromatic carbocycles. The van der Waals surface area contributed by atoms with E-state index in [1.54, 1.807) is 0 Å². The van der Waals surface area contributed by atoms with Crippen LogP contribution in [-0.4, -0.2) is 41.6 Å². The normalized spacial score (nSPS) is 21.7. The average molecular weight is 492 g/mol. The molecule has 1 aliphatic carbocycles. The first-order valence-corrected chi connectivity index (χ1v) is 13.8. The number of aromatic nitrogens is 1. The molecular weight excluding hydrogens is 450 g/mol. The Morgan fingerprint density at radius 3 is 2.64 bits per heavy atom. The van der Waals surface area contributed by atoms with Crippen LogP contribution < -0.4 is 16.0 Å². The number of para-hydroxylation sites is 1. The van der Waals surface area contributed by atoms with E-state index in [0.29, 0.717) is 24.0 Å². The first-order valence-electron chi connectivity index (χ1n) is 13.8. The van der Waals surface area contributed by atoms with Crippen LogP contribution in [0.1, 0.15) is 75.7 Å². The van der Waals surface area contributed by atoms with Gasteiger partial charge in [0.25, 0.3) is 5.91 Å². The van der Waals surface area contributed by atoms with Gasteiger partial charge in [-0.2, -0.15) is 5.26 Å². The molecule has 194 valence electrons. The van der Waals surface area contributed by atoms with Gasteiger partial charge in [0.15, 0.2) is 0 Å². The van der Waals surface area contributed by atoms with Crippen molar-refractivity contribution in [1.82, 2.24) is 20.5 Å². The summed E-state index contributed by atoms with van der Waals surface area (Å²) in [5.74, 6) is 0.467. The summed E-state index contributed by atoms with van der Waals surface area (Å²) in [4.78, 5) is 26.8. The molecular formula is C29H41N5O2. The van der Waals surface area contributed by atoms with Crippen molar-refractivity contribution < 1.29 is 9.59 Å². The monoisotopic (exact) mass is 491 g/mol. The van der Waals surface area contributed by atoms with Gasteiger partial charge in [-0.1, -0.05) is 44.9 Å². The van der Waals surface area contributed by atoms with Crippen LogP contribution in [0.3, 0.4) is 0 Å². The molecule has 1 aliphatic heterocycles. The van der Waals surface area contributed by atoms with E-state index in [2.05, 4.69) is 38.7 Å². The number of carbonyl (C=O) groups excluding carboxylic acids is 2. The number of nitrogens with zero attached hydrogens (tertiary/aromatic N) is 2. The number of nitrogens with one attached hydrogen (secondary N) is 3. The third kappa shape index (κ3) is 6.47. The lowest BCUT2D eigenvalue weighted by Crippen LogP contribution is -2.50. The Bertz CT molecular complexity index is 1080. The number of amides is 2. The van der Waals surface area contributed by atoms with Crippen LogP contribution in [0.5, 0.6) is 0 Å². The molecule has 3 atom stereocenters. The molecule has 1 saturated heterocycles. The van der Waals surface area contributed by atoms with E-state index in [1.165, 1.54) is 12.8 Å². The standard InChI is InChI=1S/C29H41N5O2/c1-20(2)17-23(19-30)32-28(35)24-8-4-5-9-25(24)33-29(36)27-18-22-7-3-6-10-26(22)34(27)16-13-21-11-14-31-15-12-21/h3,6-7,10,18,20-21,23-25,31H,4-5,8-9,11-17H2,1-2H3,(H,32,35)(H,33,36). The fourth-order valence-corrected chi connectivity index (χ4v) is 5.88. The molecule has 36 heavy (non-hydrogen) atoms. The van der Waals surface area contributed by atoms with Gasteiger partial charge in [-0.15, -0.1) is 0 Å². The molecule has 1 aromatic heterocycles. The van der Waals surface area contributed by atoms with Crippen molar-refractivity contribution in [1.29, 1.82) is 5.26 Å². The second kappa shape index (κ2) is 12.4. The summed E-state index contributed by atoms with van der Waals surface area (Å²) in [6.07, 6.45) is 7.50. The van der Waals surface area contributed by atoms with Crippen LogP contribution >= 0.6 is 0 Å². The van der Waals surface area contributed by atoms with Crippen LogP contribution in [0.25, 0.3) is 10.9 Å². The Balaban J connectivity index is 1.49. The van der Waals surface area contributed by atoms with E-state index in [-0.39, 0.29) is 23.8 Å². The van der Waals surface area contributed by atoms with Gasteiger partial charge < -0.3 is 20.5 Å². The van der Waals surface area contributed by atoms with Crippen LogP contribution in [0.15, 0.2) is 30.3 Å².